The fourth-order valence-corrected chi connectivity index (χ4v) is 3.55. The van der Waals surface area contributed by atoms with Crippen molar-refractivity contribution < 1.29 is 0 Å². The SMILES string of the molecule is CC1N=C(c2ccccc2)C(c2ccccc2)=NC1c1ccccc1Cl. The molecular formula is C23H19ClN2. The summed E-state index contributed by atoms with van der Waals surface area (Å²) in [6.07, 6.45) is 0. The van der Waals surface area contributed by atoms with Gasteiger partial charge in [-0.3, -0.25) is 9.98 Å². The monoisotopic (exact) mass is 358 g/mol. The van der Waals surface area contributed by atoms with E-state index in [2.05, 4.69) is 31.2 Å². The molecule has 0 bridgehead atoms. The van der Waals surface area contributed by atoms with Crippen LogP contribution in [0.4, 0.5) is 0 Å². The van der Waals surface area contributed by atoms with Gasteiger partial charge in [-0.15, -0.1) is 0 Å². The molecule has 3 aromatic carbocycles. The van der Waals surface area contributed by atoms with Crippen LogP contribution < -0.4 is 0 Å². The van der Waals surface area contributed by atoms with E-state index in [1.807, 2.05) is 60.7 Å². The van der Waals surface area contributed by atoms with Crippen LogP contribution in [0, 0.1) is 0 Å². The fraction of sp³-hybridized carbons (Fsp3) is 0.130. The largest absolute Gasteiger partial charge is 0.277 e. The van der Waals surface area contributed by atoms with E-state index in [1.54, 1.807) is 0 Å². The molecule has 0 saturated heterocycles. The van der Waals surface area contributed by atoms with Gasteiger partial charge in [0.1, 0.15) is 0 Å². The highest BCUT2D eigenvalue weighted by molar-refractivity contribution is 6.54. The lowest BCUT2D eigenvalue weighted by molar-refractivity contribution is 0.589. The molecule has 2 atom stereocenters. The molecule has 4 rings (SSSR count). The van der Waals surface area contributed by atoms with E-state index < -0.39 is 0 Å². The van der Waals surface area contributed by atoms with Crippen LogP contribution in [0.15, 0.2) is 94.9 Å². The average molecular weight is 359 g/mol. The molecule has 2 unspecified atom stereocenters. The maximum Gasteiger partial charge on any atom is 0.0992 e. The van der Waals surface area contributed by atoms with Crippen LogP contribution in [-0.4, -0.2) is 17.5 Å². The molecular weight excluding hydrogens is 340 g/mol. The summed E-state index contributed by atoms with van der Waals surface area (Å²) in [5.41, 5.74) is 5.03. The van der Waals surface area contributed by atoms with Gasteiger partial charge in [0.15, 0.2) is 0 Å². The molecule has 0 fully saturated rings. The molecule has 0 aromatic heterocycles. The van der Waals surface area contributed by atoms with Crippen LogP contribution in [0.1, 0.15) is 29.7 Å². The molecule has 0 amide bonds. The molecule has 128 valence electrons. The molecule has 0 N–H and O–H groups in total. The van der Waals surface area contributed by atoms with Crippen molar-refractivity contribution in [3.63, 3.8) is 0 Å². The summed E-state index contributed by atoms with van der Waals surface area (Å²) in [6, 6.07) is 28.3. The van der Waals surface area contributed by atoms with E-state index in [-0.39, 0.29) is 12.1 Å². The maximum atomic E-state index is 6.45. The van der Waals surface area contributed by atoms with Crippen LogP contribution in [0.5, 0.6) is 0 Å². The van der Waals surface area contributed by atoms with Crippen LogP contribution in [0.25, 0.3) is 0 Å². The smallest absolute Gasteiger partial charge is 0.0992 e. The van der Waals surface area contributed by atoms with Crippen molar-refractivity contribution in [3.8, 4) is 0 Å². The number of benzene rings is 3. The summed E-state index contributed by atoms with van der Waals surface area (Å²) in [5, 5.41) is 0.735. The van der Waals surface area contributed by atoms with Crippen molar-refractivity contribution in [2.24, 2.45) is 9.98 Å². The van der Waals surface area contributed by atoms with Gasteiger partial charge in [0.25, 0.3) is 0 Å². The van der Waals surface area contributed by atoms with Crippen molar-refractivity contribution >= 4 is 23.0 Å². The van der Waals surface area contributed by atoms with Gasteiger partial charge in [0.2, 0.25) is 0 Å². The second-order valence-electron chi connectivity index (χ2n) is 6.39. The third-order valence-electron chi connectivity index (χ3n) is 4.60. The first-order valence-electron chi connectivity index (χ1n) is 8.75. The van der Waals surface area contributed by atoms with E-state index in [0.717, 1.165) is 33.1 Å². The third-order valence-corrected chi connectivity index (χ3v) is 4.94. The number of hydrogen-bond acceptors (Lipinski definition) is 2. The first-order chi connectivity index (χ1) is 12.7. The maximum absolute atomic E-state index is 6.45. The summed E-state index contributed by atoms with van der Waals surface area (Å²) in [5.74, 6) is 0. The molecule has 1 aliphatic rings. The summed E-state index contributed by atoms with van der Waals surface area (Å²) in [7, 11) is 0. The number of halogens is 1. The van der Waals surface area contributed by atoms with Crippen LogP contribution >= 0.6 is 11.6 Å². The zero-order valence-electron chi connectivity index (χ0n) is 14.5. The Morgan fingerprint density at radius 2 is 1.15 bits per heavy atom. The van der Waals surface area contributed by atoms with Crippen LogP contribution in [0.2, 0.25) is 5.02 Å². The summed E-state index contributed by atoms with van der Waals surface area (Å²) < 4.78 is 0. The normalized spacial score (nSPS) is 19.6. The van der Waals surface area contributed by atoms with Gasteiger partial charge in [-0.1, -0.05) is 90.5 Å². The molecule has 0 saturated carbocycles. The van der Waals surface area contributed by atoms with E-state index in [9.17, 15) is 0 Å². The summed E-state index contributed by atoms with van der Waals surface area (Å²) in [6.45, 7) is 2.10. The van der Waals surface area contributed by atoms with Crippen LogP contribution in [0.3, 0.4) is 0 Å². The topological polar surface area (TPSA) is 24.7 Å². The zero-order valence-corrected chi connectivity index (χ0v) is 15.3. The van der Waals surface area contributed by atoms with Gasteiger partial charge in [0.05, 0.1) is 23.5 Å². The van der Waals surface area contributed by atoms with Crippen molar-refractivity contribution in [2.75, 3.05) is 0 Å². The Morgan fingerprint density at radius 1 is 0.654 bits per heavy atom. The van der Waals surface area contributed by atoms with Crippen LogP contribution in [-0.2, 0) is 0 Å². The Kier molecular flexibility index (Phi) is 4.68. The minimum absolute atomic E-state index is 0.0116. The predicted molar refractivity (Wildman–Crippen MR) is 110 cm³/mol. The highest BCUT2D eigenvalue weighted by Crippen LogP contribution is 2.33. The summed E-state index contributed by atoms with van der Waals surface area (Å²) >= 11 is 6.45. The van der Waals surface area contributed by atoms with Gasteiger partial charge in [-0.2, -0.15) is 0 Å². The lowest BCUT2D eigenvalue weighted by Crippen LogP contribution is -2.28. The fourth-order valence-electron chi connectivity index (χ4n) is 3.30. The minimum atomic E-state index is -0.0913. The Morgan fingerprint density at radius 3 is 1.73 bits per heavy atom. The first kappa shape index (κ1) is 16.7. The lowest BCUT2D eigenvalue weighted by Gasteiger charge is -2.27. The molecule has 0 aliphatic carbocycles. The summed E-state index contributed by atoms with van der Waals surface area (Å²) in [4.78, 5) is 10.2. The number of hydrogen-bond donors (Lipinski definition) is 0. The van der Waals surface area contributed by atoms with Gasteiger partial charge in [0, 0.05) is 16.1 Å². The molecule has 0 radical (unpaired) electrons. The van der Waals surface area contributed by atoms with E-state index >= 15 is 0 Å². The Bertz CT molecular complexity index is 962. The van der Waals surface area contributed by atoms with E-state index in [4.69, 9.17) is 21.6 Å². The molecule has 3 aromatic rings. The van der Waals surface area contributed by atoms with Crippen molar-refractivity contribution in [2.45, 2.75) is 19.0 Å². The first-order valence-corrected chi connectivity index (χ1v) is 9.13. The number of rotatable bonds is 3. The number of aliphatic imine (C=N–C) groups is 2. The highest BCUT2D eigenvalue weighted by atomic mass is 35.5. The Balaban J connectivity index is 1.86. The van der Waals surface area contributed by atoms with Gasteiger partial charge < -0.3 is 0 Å². The van der Waals surface area contributed by atoms with Crippen molar-refractivity contribution in [3.05, 3.63) is 107 Å². The molecule has 1 heterocycles. The standard InChI is InChI=1S/C23H19ClN2/c1-16-21(19-14-8-9-15-20(19)24)26-23(18-12-6-3-7-13-18)22(25-16)17-10-4-2-5-11-17/h2-16,21H,1H3. The van der Waals surface area contributed by atoms with Gasteiger partial charge >= 0.3 is 0 Å². The van der Waals surface area contributed by atoms with Crippen molar-refractivity contribution in [1.82, 2.24) is 0 Å². The Hall–Kier alpha value is -2.71. The average Bonchev–Trinajstić information content (AvgIpc) is 2.70. The predicted octanol–water partition coefficient (Wildman–Crippen LogP) is 5.76. The molecule has 3 heteroatoms. The number of nitrogens with zero attached hydrogens (tertiary/aromatic N) is 2. The minimum Gasteiger partial charge on any atom is -0.277 e. The zero-order chi connectivity index (χ0) is 17.9. The molecule has 0 spiro atoms. The molecule has 1 aliphatic heterocycles. The quantitative estimate of drug-likeness (QED) is 0.568. The second kappa shape index (κ2) is 7.27. The van der Waals surface area contributed by atoms with E-state index in [1.165, 1.54) is 0 Å². The lowest BCUT2D eigenvalue weighted by atomic mass is 9.93. The molecule has 2 nitrogen and oxygen atoms in total. The molecule has 26 heavy (non-hydrogen) atoms. The third kappa shape index (κ3) is 3.21. The Labute approximate surface area is 158 Å². The second-order valence-corrected chi connectivity index (χ2v) is 6.80. The van der Waals surface area contributed by atoms with Gasteiger partial charge in [-0.05, 0) is 18.6 Å². The highest BCUT2D eigenvalue weighted by Gasteiger charge is 2.28. The van der Waals surface area contributed by atoms with Crippen molar-refractivity contribution in [1.29, 1.82) is 0 Å². The van der Waals surface area contributed by atoms with E-state index in [0.29, 0.717) is 0 Å². The van der Waals surface area contributed by atoms with Gasteiger partial charge in [-0.25, -0.2) is 0 Å².